The van der Waals surface area contributed by atoms with Crippen LogP contribution >= 0.6 is 0 Å². The summed E-state index contributed by atoms with van der Waals surface area (Å²) < 4.78 is 0. The molecule has 0 unspecified atom stereocenters. The lowest BCUT2D eigenvalue weighted by atomic mass is 10.1. The second kappa shape index (κ2) is 6.52. The molecule has 4 rings (SSSR count). The van der Waals surface area contributed by atoms with Crippen LogP contribution in [0.25, 0.3) is 0 Å². The van der Waals surface area contributed by atoms with Gasteiger partial charge in [0.2, 0.25) is 0 Å². The van der Waals surface area contributed by atoms with Gasteiger partial charge in [0.1, 0.15) is 0 Å². The number of aliphatic hydroxyl groups is 1. The molecule has 0 aromatic heterocycles. The van der Waals surface area contributed by atoms with Crippen molar-refractivity contribution in [3.8, 4) is 0 Å². The lowest BCUT2D eigenvalue weighted by Gasteiger charge is -2.31. The van der Waals surface area contributed by atoms with Crippen LogP contribution in [-0.2, 0) is 6.42 Å². The number of hydrogen-bond donors (Lipinski definition) is 1. The molecule has 130 valence electrons. The molecular formula is C21H24N2O2. The maximum Gasteiger partial charge on any atom is 0.258 e. The predicted molar refractivity (Wildman–Crippen MR) is 100 cm³/mol. The van der Waals surface area contributed by atoms with Crippen molar-refractivity contribution in [1.82, 2.24) is 0 Å². The molecule has 2 aromatic carbocycles. The van der Waals surface area contributed by atoms with Crippen LogP contribution in [0, 0.1) is 6.92 Å². The van der Waals surface area contributed by atoms with Crippen LogP contribution in [0.1, 0.15) is 34.3 Å². The van der Waals surface area contributed by atoms with Gasteiger partial charge in [-0.3, -0.25) is 4.79 Å². The van der Waals surface area contributed by atoms with Crippen molar-refractivity contribution >= 4 is 17.3 Å². The fraction of sp³-hybridized carbons (Fsp3) is 0.381. The van der Waals surface area contributed by atoms with Gasteiger partial charge in [-0.2, -0.15) is 0 Å². The van der Waals surface area contributed by atoms with E-state index in [4.69, 9.17) is 0 Å². The van der Waals surface area contributed by atoms with Crippen molar-refractivity contribution in [2.24, 2.45) is 0 Å². The number of rotatable bonds is 2. The third kappa shape index (κ3) is 3.02. The van der Waals surface area contributed by atoms with Gasteiger partial charge in [0.05, 0.1) is 6.10 Å². The van der Waals surface area contributed by atoms with Gasteiger partial charge in [-0.1, -0.05) is 12.1 Å². The molecule has 1 fully saturated rings. The molecule has 0 radical (unpaired) electrons. The molecular weight excluding hydrogens is 312 g/mol. The second-order valence-corrected chi connectivity index (χ2v) is 7.04. The minimum atomic E-state index is -0.171. The van der Waals surface area contributed by atoms with Crippen molar-refractivity contribution in [3.63, 3.8) is 0 Å². The first-order valence-corrected chi connectivity index (χ1v) is 9.07. The molecule has 2 aliphatic heterocycles. The molecule has 2 aliphatic rings. The fourth-order valence-corrected chi connectivity index (χ4v) is 3.91. The van der Waals surface area contributed by atoms with Crippen LogP contribution in [0.5, 0.6) is 0 Å². The Bertz CT molecular complexity index is 777. The Hall–Kier alpha value is -2.33. The van der Waals surface area contributed by atoms with Gasteiger partial charge in [-0.05, 0) is 67.6 Å². The number of anilines is 2. The Morgan fingerprint density at radius 1 is 1.04 bits per heavy atom. The van der Waals surface area contributed by atoms with Crippen molar-refractivity contribution in [1.29, 1.82) is 0 Å². The first-order chi connectivity index (χ1) is 12.1. The Morgan fingerprint density at radius 2 is 1.76 bits per heavy atom. The van der Waals surface area contributed by atoms with E-state index in [0.29, 0.717) is 0 Å². The van der Waals surface area contributed by atoms with Crippen molar-refractivity contribution in [2.45, 2.75) is 32.3 Å². The Kier molecular flexibility index (Phi) is 4.22. The average molecular weight is 336 g/mol. The van der Waals surface area contributed by atoms with Crippen LogP contribution in [0.2, 0.25) is 0 Å². The zero-order valence-corrected chi connectivity index (χ0v) is 14.6. The summed E-state index contributed by atoms with van der Waals surface area (Å²) in [6.45, 7) is 4.60. The van der Waals surface area contributed by atoms with Gasteiger partial charge < -0.3 is 14.9 Å². The van der Waals surface area contributed by atoms with E-state index in [1.807, 2.05) is 41.3 Å². The molecule has 4 heteroatoms. The summed E-state index contributed by atoms with van der Waals surface area (Å²) in [6.07, 6.45) is 2.38. The van der Waals surface area contributed by atoms with E-state index in [-0.39, 0.29) is 12.0 Å². The maximum atomic E-state index is 12.9. The van der Waals surface area contributed by atoms with E-state index in [1.54, 1.807) is 0 Å². The second-order valence-electron chi connectivity index (χ2n) is 7.04. The molecule has 4 nitrogen and oxygen atoms in total. The minimum absolute atomic E-state index is 0.0740. The predicted octanol–water partition coefficient (Wildman–Crippen LogP) is 3.16. The Labute approximate surface area is 148 Å². The van der Waals surface area contributed by atoms with Gasteiger partial charge >= 0.3 is 0 Å². The number of piperidine rings is 1. The summed E-state index contributed by atoms with van der Waals surface area (Å²) in [5.41, 5.74) is 5.46. The smallest absolute Gasteiger partial charge is 0.258 e. The van der Waals surface area contributed by atoms with Gasteiger partial charge in [-0.25, -0.2) is 0 Å². The number of carbonyl (C=O) groups excluding carboxylic acids is 1. The number of fused-ring (bicyclic) bond motifs is 1. The van der Waals surface area contributed by atoms with Crippen LogP contribution in [0.15, 0.2) is 42.5 Å². The largest absolute Gasteiger partial charge is 0.393 e. The molecule has 2 aromatic rings. The molecule has 0 saturated carbocycles. The van der Waals surface area contributed by atoms with E-state index in [2.05, 4.69) is 17.9 Å². The molecule has 1 saturated heterocycles. The molecule has 1 amide bonds. The van der Waals surface area contributed by atoms with Crippen LogP contribution in [0.4, 0.5) is 11.4 Å². The third-order valence-corrected chi connectivity index (χ3v) is 5.45. The van der Waals surface area contributed by atoms with E-state index >= 15 is 0 Å². The molecule has 25 heavy (non-hydrogen) atoms. The molecule has 0 spiro atoms. The first-order valence-electron chi connectivity index (χ1n) is 9.07. The maximum absolute atomic E-state index is 12.9. The van der Waals surface area contributed by atoms with E-state index < -0.39 is 0 Å². The summed E-state index contributed by atoms with van der Waals surface area (Å²) >= 11 is 0. The summed E-state index contributed by atoms with van der Waals surface area (Å²) in [4.78, 5) is 17.1. The third-order valence-electron chi connectivity index (χ3n) is 5.45. The van der Waals surface area contributed by atoms with E-state index in [1.165, 1.54) is 11.1 Å². The lowest BCUT2D eigenvalue weighted by Crippen LogP contribution is -2.35. The highest BCUT2D eigenvalue weighted by Crippen LogP contribution is 2.31. The molecule has 0 aliphatic carbocycles. The van der Waals surface area contributed by atoms with Crippen molar-refractivity contribution in [3.05, 3.63) is 59.2 Å². The zero-order chi connectivity index (χ0) is 17.4. The molecule has 0 bridgehead atoms. The number of aliphatic hydroxyl groups excluding tert-OH is 1. The van der Waals surface area contributed by atoms with Crippen LogP contribution < -0.4 is 9.80 Å². The molecule has 1 N–H and O–H groups in total. The average Bonchev–Trinajstić information content (AvgIpc) is 3.07. The summed E-state index contributed by atoms with van der Waals surface area (Å²) in [5, 5.41) is 9.63. The van der Waals surface area contributed by atoms with Gasteiger partial charge in [0.25, 0.3) is 5.91 Å². The number of nitrogens with zero attached hydrogens (tertiary/aromatic N) is 2. The van der Waals surface area contributed by atoms with Gasteiger partial charge in [0.15, 0.2) is 0 Å². The van der Waals surface area contributed by atoms with Gasteiger partial charge in [0, 0.05) is 36.6 Å². The Balaban J connectivity index is 1.52. The van der Waals surface area contributed by atoms with E-state index in [9.17, 15) is 9.90 Å². The number of hydrogen-bond acceptors (Lipinski definition) is 3. The summed E-state index contributed by atoms with van der Waals surface area (Å²) in [7, 11) is 0. The quantitative estimate of drug-likeness (QED) is 0.916. The topological polar surface area (TPSA) is 43.8 Å². The first kappa shape index (κ1) is 16.2. The Morgan fingerprint density at radius 3 is 2.48 bits per heavy atom. The standard InChI is InChI=1S/C21H24N2O2/c1-15-3-2-4-20-19(15)11-14-23(20)21(25)16-5-7-17(8-6-16)22-12-9-18(24)10-13-22/h2-8,18,24H,9-14H2,1H3. The lowest BCUT2D eigenvalue weighted by molar-refractivity contribution is 0.0989. The normalized spacial score (nSPS) is 17.7. The van der Waals surface area contributed by atoms with Crippen molar-refractivity contribution in [2.75, 3.05) is 29.4 Å². The molecule has 0 atom stereocenters. The van der Waals surface area contributed by atoms with Crippen LogP contribution in [0.3, 0.4) is 0 Å². The van der Waals surface area contributed by atoms with E-state index in [0.717, 1.165) is 55.8 Å². The van der Waals surface area contributed by atoms with Gasteiger partial charge in [-0.15, -0.1) is 0 Å². The molecule has 2 heterocycles. The monoisotopic (exact) mass is 336 g/mol. The number of carbonyl (C=O) groups is 1. The number of amides is 1. The highest BCUT2D eigenvalue weighted by molar-refractivity contribution is 6.07. The number of benzene rings is 2. The summed E-state index contributed by atoms with van der Waals surface area (Å²) in [6, 6.07) is 14.1. The van der Waals surface area contributed by atoms with Crippen molar-refractivity contribution < 1.29 is 9.90 Å². The fourth-order valence-electron chi connectivity index (χ4n) is 3.91. The van der Waals surface area contributed by atoms with Crippen LogP contribution in [-0.4, -0.2) is 36.8 Å². The number of aryl methyl sites for hydroxylation is 1. The minimum Gasteiger partial charge on any atom is -0.393 e. The summed E-state index contributed by atoms with van der Waals surface area (Å²) in [5.74, 6) is 0.0740. The highest BCUT2D eigenvalue weighted by atomic mass is 16.3. The SMILES string of the molecule is Cc1cccc2c1CCN2C(=O)c1ccc(N2CCC(O)CC2)cc1. The highest BCUT2D eigenvalue weighted by Gasteiger charge is 2.26. The zero-order valence-electron chi connectivity index (χ0n) is 14.6.